The normalized spacial score (nSPS) is 13.9. The lowest BCUT2D eigenvalue weighted by Crippen LogP contribution is -2.34. The molecule has 206 valence electrons. The van der Waals surface area contributed by atoms with Crippen molar-refractivity contribution in [2.24, 2.45) is 0 Å². The van der Waals surface area contributed by atoms with Gasteiger partial charge < -0.3 is 18.5 Å². The van der Waals surface area contributed by atoms with Crippen LogP contribution in [-0.4, -0.2) is 10.4 Å². The highest BCUT2D eigenvalue weighted by atomic mass is 16.7. The third kappa shape index (κ3) is 3.70. The average molecular weight is 558 g/mol. The van der Waals surface area contributed by atoms with E-state index < -0.39 is 5.79 Å². The third-order valence-electron chi connectivity index (χ3n) is 8.49. The number of benzene rings is 6. The zero-order chi connectivity index (χ0) is 28.7. The Bertz CT molecular complexity index is 2340. The standard InChI is InChI=1S/C39H27NO3/c1-39(2)42-37-20-17-26(40-33-12-6-3-9-27(33)28-10-4-7-13-34(28)40)23-32(37)30-18-15-25(22-38(30)43-39)24-16-19-36-31(21-24)29-11-5-8-14-35(29)41-36/h3-23H,1-2H3. The van der Waals surface area contributed by atoms with Gasteiger partial charge in [-0.1, -0.05) is 66.7 Å². The number of rotatable bonds is 2. The Morgan fingerprint density at radius 2 is 1.12 bits per heavy atom. The molecule has 6 aromatic carbocycles. The van der Waals surface area contributed by atoms with E-state index in [4.69, 9.17) is 13.9 Å². The summed E-state index contributed by atoms with van der Waals surface area (Å²) in [4.78, 5) is 0. The average Bonchev–Trinajstić information content (AvgIpc) is 3.53. The van der Waals surface area contributed by atoms with E-state index in [1.807, 2.05) is 32.0 Å². The van der Waals surface area contributed by atoms with Crippen molar-refractivity contribution in [2.75, 3.05) is 0 Å². The largest absolute Gasteiger partial charge is 0.456 e. The number of hydrogen-bond donors (Lipinski definition) is 0. The SMILES string of the molecule is CC1(C)Oc2cc(-c3ccc4oc5ccccc5c4c3)ccc2-c2cc(-n3c4ccccc4c4ccccc43)ccc2O1. The number of furan rings is 1. The minimum Gasteiger partial charge on any atom is -0.456 e. The summed E-state index contributed by atoms with van der Waals surface area (Å²) in [6.07, 6.45) is 0. The zero-order valence-electron chi connectivity index (χ0n) is 23.8. The molecular weight excluding hydrogens is 530 g/mol. The van der Waals surface area contributed by atoms with Gasteiger partial charge in [0.1, 0.15) is 22.7 Å². The Labute approximate surface area is 248 Å². The van der Waals surface area contributed by atoms with Gasteiger partial charge in [-0.2, -0.15) is 0 Å². The van der Waals surface area contributed by atoms with Crippen molar-refractivity contribution in [1.29, 1.82) is 0 Å². The van der Waals surface area contributed by atoms with Gasteiger partial charge in [-0.25, -0.2) is 0 Å². The van der Waals surface area contributed by atoms with Crippen LogP contribution < -0.4 is 9.47 Å². The number of ether oxygens (including phenoxy) is 2. The van der Waals surface area contributed by atoms with E-state index in [0.29, 0.717) is 0 Å². The maximum atomic E-state index is 6.56. The molecule has 8 aromatic rings. The molecule has 43 heavy (non-hydrogen) atoms. The van der Waals surface area contributed by atoms with Gasteiger partial charge in [0.15, 0.2) is 0 Å². The molecule has 1 aliphatic rings. The van der Waals surface area contributed by atoms with Crippen molar-refractivity contribution in [1.82, 2.24) is 4.57 Å². The molecule has 0 bridgehead atoms. The second kappa shape index (κ2) is 8.76. The molecule has 1 aliphatic heterocycles. The number of hydrogen-bond acceptors (Lipinski definition) is 3. The van der Waals surface area contributed by atoms with E-state index in [1.165, 1.54) is 21.8 Å². The van der Waals surface area contributed by atoms with Gasteiger partial charge in [-0.15, -0.1) is 0 Å². The second-order valence-electron chi connectivity index (χ2n) is 11.7. The molecule has 0 saturated carbocycles. The van der Waals surface area contributed by atoms with Gasteiger partial charge in [0.25, 0.3) is 0 Å². The molecule has 3 heterocycles. The van der Waals surface area contributed by atoms with Crippen LogP contribution in [0.15, 0.2) is 132 Å². The molecule has 0 atom stereocenters. The van der Waals surface area contributed by atoms with Gasteiger partial charge in [-0.3, -0.25) is 0 Å². The highest BCUT2D eigenvalue weighted by Gasteiger charge is 2.30. The summed E-state index contributed by atoms with van der Waals surface area (Å²) in [6, 6.07) is 44.6. The smallest absolute Gasteiger partial charge is 0.245 e. The first-order valence-corrected chi connectivity index (χ1v) is 14.6. The van der Waals surface area contributed by atoms with E-state index >= 15 is 0 Å². The van der Waals surface area contributed by atoms with Gasteiger partial charge in [0, 0.05) is 52.2 Å². The first kappa shape index (κ1) is 24.2. The van der Waals surface area contributed by atoms with Crippen LogP contribution in [0.5, 0.6) is 11.5 Å². The van der Waals surface area contributed by atoms with Crippen LogP contribution in [-0.2, 0) is 0 Å². The molecule has 4 heteroatoms. The van der Waals surface area contributed by atoms with Gasteiger partial charge in [0.2, 0.25) is 5.79 Å². The molecule has 0 amide bonds. The van der Waals surface area contributed by atoms with Crippen LogP contribution in [0.1, 0.15) is 13.8 Å². The Morgan fingerprint density at radius 3 is 1.91 bits per heavy atom. The molecule has 0 fully saturated rings. The van der Waals surface area contributed by atoms with Gasteiger partial charge in [-0.05, 0) is 71.8 Å². The number of fused-ring (bicyclic) bond motifs is 9. The quantitative estimate of drug-likeness (QED) is 0.212. The first-order valence-electron chi connectivity index (χ1n) is 14.6. The molecule has 0 N–H and O–H groups in total. The van der Waals surface area contributed by atoms with E-state index in [-0.39, 0.29) is 0 Å². The maximum Gasteiger partial charge on any atom is 0.245 e. The summed E-state index contributed by atoms with van der Waals surface area (Å²) in [5.74, 6) is 0.739. The molecule has 9 rings (SSSR count). The molecule has 4 nitrogen and oxygen atoms in total. The van der Waals surface area contributed by atoms with Crippen LogP contribution in [0, 0.1) is 0 Å². The van der Waals surface area contributed by atoms with Crippen molar-refractivity contribution in [2.45, 2.75) is 19.6 Å². The summed E-state index contributed by atoms with van der Waals surface area (Å²) < 4.78 is 21.4. The van der Waals surface area contributed by atoms with E-state index in [9.17, 15) is 0 Å². The van der Waals surface area contributed by atoms with Gasteiger partial charge in [0.05, 0.1) is 11.0 Å². The summed E-state index contributed by atoms with van der Waals surface area (Å²) in [6.45, 7) is 3.92. The van der Waals surface area contributed by atoms with Crippen molar-refractivity contribution < 1.29 is 13.9 Å². The fourth-order valence-corrected chi connectivity index (χ4v) is 6.62. The number of aromatic nitrogens is 1. The summed E-state index contributed by atoms with van der Waals surface area (Å²) in [5, 5.41) is 4.70. The summed E-state index contributed by atoms with van der Waals surface area (Å²) in [7, 11) is 0. The topological polar surface area (TPSA) is 36.5 Å². The highest BCUT2D eigenvalue weighted by molar-refractivity contribution is 6.09. The molecule has 0 aliphatic carbocycles. The van der Waals surface area contributed by atoms with Crippen molar-refractivity contribution in [3.63, 3.8) is 0 Å². The Morgan fingerprint density at radius 1 is 0.488 bits per heavy atom. The molecule has 0 unspecified atom stereocenters. The Kier molecular flexibility index (Phi) is 4.92. The monoisotopic (exact) mass is 557 g/mol. The predicted octanol–water partition coefficient (Wildman–Crippen LogP) is 10.5. The molecular formula is C39H27NO3. The van der Waals surface area contributed by atoms with E-state index in [2.05, 4.69) is 114 Å². The van der Waals surface area contributed by atoms with E-state index in [1.54, 1.807) is 0 Å². The lowest BCUT2D eigenvalue weighted by molar-refractivity contribution is -0.0778. The highest BCUT2D eigenvalue weighted by Crippen LogP contribution is 2.46. The molecule has 2 aromatic heterocycles. The number of para-hydroxylation sites is 3. The maximum absolute atomic E-state index is 6.56. The lowest BCUT2D eigenvalue weighted by atomic mass is 9.97. The van der Waals surface area contributed by atoms with Crippen molar-refractivity contribution >= 4 is 43.7 Å². The Balaban J connectivity index is 1.22. The van der Waals surface area contributed by atoms with Crippen LogP contribution in [0.4, 0.5) is 0 Å². The van der Waals surface area contributed by atoms with Crippen LogP contribution in [0.2, 0.25) is 0 Å². The van der Waals surface area contributed by atoms with Crippen LogP contribution >= 0.6 is 0 Å². The third-order valence-corrected chi connectivity index (χ3v) is 8.49. The van der Waals surface area contributed by atoms with Crippen molar-refractivity contribution in [3.8, 4) is 39.4 Å². The van der Waals surface area contributed by atoms with Crippen LogP contribution in [0.25, 0.3) is 71.7 Å². The summed E-state index contributed by atoms with van der Waals surface area (Å²) in [5.41, 5.74) is 9.39. The zero-order valence-corrected chi connectivity index (χ0v) is 23.8. The molecule has 0 spiro atoms. The fraction of sp³-hybridized carbons (Fsp3) is 0.0769. The van der Waals surface area contributed by atoms with Gasteiger partial charge >= 0.3 is 0 Å². The summed E-state index contributed by atoms with van der Waals surface area (Å²) >= 11 is 0. The lowest BCUT2D eigenvalue weighted by Gasteiger charge is -2.26. The minimum absolute atomic E-state index is 0.790. The van der Waals surface area contributed by atoms with Crippen LogP contribution in [0.3, 0.4) is 0 Å². The molecule has 0 saturated heterocycles. The molecule has 0 radical (unpaired) electrons. The predicted molar refractivity (Wildman–Crippen MR) is 174 cm³/mol. The van der Waals surface area contributed by atoms with E-state index in [0.717, 1.165) is 61.4 Å². The first-order chi connectivity index (χ1) is 21.0. The Hall–Kier alpha value is -5.48. The number of nitrogens with zero attached hydrogens (tertiary/aromatic N) is 1. The second-order valence-corrected chi connectivity index (χ2v) is 11.7. The fourth-order valence-electron chi connectivity index (χ4n) is 6.62. The van der Waals surface area contributed by atoms with Crippen molar-refractivity contribution in [3.05, 3.63) is 127 Å². The minimum atomic E-state index is -0.850.